The smallest absolute Gasteiger partial charge is 0.246 e. The van der Waals surface area contributed by atoms with Gasteiger partial charge in [-0.25, -0.2) is 0 Å². The minimum absolute atomic E-state index is 0.0615. The molecule has 0 unspecified atom stereocenters. The molecular formula is C23H26BrNO3. The molecule has 148 valence electrons. The number of carbonyl (C=O) groups excluding carboxylic acids is 1. The minimum atomic E-state index is 0.0615. The van der Waals surface area contributed by atoms with Gasteiger partial charge in [0.1, 0.15) is 6.61 Å². The van der Waals surface area contributed by atoms with Crippen LogP contribution in [0.1, 0.15) is 30.9 Å². The number of methoxy groups -OCH3 is 1. The fourth-order valence-corrected chi connectivity index (χ4v) is 3.78. The van der Waals surface area contributed by atoms with Crippen molar-refractivity contribution in [2.75, 3.05) is 20.2 Å². The number of likely N-dealkylation sites (tertiary alicyclic amines) is 1. The summed E-state index contributed by atoms with van der Waals surface area (Å²) in [5.41, 5.74) is 1.97. The Hall–Kier alpha value is -2.27. The van der Waals surface area contributed by atoms with Crippen LogP contribution in [0.2, 0.25) is 0 Å². The Kier molecular flexibility index (Phi) is 7.15. The van der Waals surface area contributed by atoms with E-state index in [-0.39, 0.29) is 5.91 Å². The Morgan fingerprint density at radius 1 is 1.21 bits per heavy atom. The van der Waals surface area contributed by atoms with E-state index in [1.165, 1.54) is 0 Å². The number of rotatable bonds is 6. The Morgan fingerprint density at radius 3 is 2.61 bits per heavy atom. The lowest BCUT2D eigenvalue weighted by atomic mass is 9.99. The monoisotopic (exact) mass is 443 g/mol. The summed E-state index contributed by atoms with van der Waals surface area (Å²) in [7, 11) is 1.62. The van der Waals surface area contributed by atoms with Gasteiger partial charge in [0.05, 0.1) is 11.6 Å². The fraction of sp³-hybridized carbons (Fsp3) is 0.348. The third kappa shape index (κ3) is 5.38. The largest absolute Gasteiger partial charge is 0.493 e. The number of halogens is 1. The number of piperidine rings is 1. The number of nitrogens with zero attached hydrogens (tertiary/aromatic N) is 1. The van der Waals surface area contributed by atoms with Crippen LogP contribution in [0, 0.1) is 5.92 Å². The minimum Gasteiger partial charge on any atom is -0.493 e. The molecule has 0 saturated carbocycles. The second-order valence-electron chi connectivity index (χ2n) is 7.15. The molecular weight excluding hydrogens is 418 g/mol. The van der Waals surface area contributed by atoms with E-state index in [1.807, 2.05) is 53.4 Å². The van der Waals surface area contributed by atoms with Crippen LogP contribution in [0.5, 0.6) is 11.5 Å². The predicted molar refractivity (Wildman–Crippen MR) is 115 cm³/mol. The van der Waals surface area contributed by atoms with Gasteiger partial charge in [-0.2, -0.15) is 0 Å². The number of hydrogen-bond donors (Lipinski definition) is 0. The van der Waals surface area contributed by atoms with E-state index in [9.17, 15) is 4.79 Å². The predicted octanol–water partition coefficient (Wildman–Crippen LogP) is 5.31. The molecule has 1 aliphatic heterocycles. The molecule has 5 heteroatoms. The maximum Gasteiger partial charge on any atom is 0.246 e. The summed E-state index contributed by atoms with van der Waals surface area (Å²) >= 11 is 3.57. The zero-order valence-corrected chi connectivity index (χ0v) is 17.9. The third-order valence-corrected chi connectivity index (χ3v) is 5.58. The van der Waals surface area contributed by atoms with Gasteiger partial charge in [0.25, 0.3) is 0 Å². The van der Waals surface area contributed by atoms with Crippen LogP contribution in [0.15, 0.2) is 53.0 Å². The number of carbonyl (C=O) groups is 1. The lowest BCUT2D eigenvalue weighted by molar-refractivity contribution is -0.127. The van der Waals surface area contributed by atoms with Crippen molar-refractivity contribution in [3.05, 3.63) is 64.1 Å². The molecule has 0 atom stereocenters. The summed E-state index contributed by atoms with van der Waals surface area (Å²) in [5, 5.41) is 0. The lowest BCUT2D eigenvalue weighted by Gasteiger charge is -2.29. The van der Waals surface area contributed by atoms with Crippen molar-refractivity contribution < 1.29 is 14.3 Å². The first-order valence-electron chi connectivity index (χ1n) is 9.58. The van der Waals surface area contributed by atoms with Gasteiger partial charge >= 0.3 is 0 Å². The van der Waals surface area contributed by atoms with Crippen molar-refractivity contribution in [3.8, 4) is 11.5 Å². The quantitative estimate of drug-likeness (QED) is 0.567. The first-order chi connectivity index (χ1) is 13.6. The van der Waals surface area contributed by atoms with Crippen LogP contribution < -0.4 is 9.47 Å². The van der Waals surface area contributed by atoms with E-state index in [0.717, 1.165) is 41.5 Å². The van der Waals surface area contributed by atoms with Gasteiger partial charge in [-0.3, -0.25) is 4.79 Å². The molecule has 2 aromatic carbocycles. The second kappa shape index (κ2) is 9.78. The Morgan fingerprint density at radius 2 is 1.93 bits per heavy atom. The summed E-state index contributed by atoms with van der Waals surface area (Å²) in [6, 6.07) is 13.8. The van der Waals surface area contributed by atoms with Crippen LogP contribution in [-0.2, 0) is 11.4 Å². The normalized spacial score (nSPS) is 15.0. The first-order valence-corrected chi connectivity index (χ1v) is 10.4. The van der Waals surface area contributed by atoms with Gasteiger partial charge < -0.3 is 14.4 Å². The molecule has 0 aliphatic carbocycles. The fourth-order valence-electron chi connectivity index (χ4n) is 3.21. The Bertz CT molecular complexity index is 827. The van der Waals surface area contributed by atoms with Crippen molar-refractivity contribution in [3.63, 3.8) is 0 Å². The highest BCUT2D eigenvalue weighted by Gasteiger charge is 2.18. The highest BCUT2D eigenvalue weighted by atomic mass is 79.9. The van der Waals surface area contributed by atoms with Gasteiger partial charge in [-0.1, -0.05) is 37.3 Å². The standard InChI is InChI=1S/C23H26BrNO3/c1-17-10-12-25(13-11-17)22(26)9-8-19-14-20(24)23(21(15-19)27-2)28-16-18-6-4-3-5-7-18/h3-9,14-15,17H,10-13,16H2,1-2H3/b9-8+. The SMILES string of the molecule is COc1cc(/C=C/C(=O)N2CCC(C)CC2)cc(Br)c1OCc1ccccc1. The summed E-state index contributed by atoms with van der Waals surface area (Å²) in [4.78, 5) is 14.3. The maximum atomic E-state index is 12.4. The molecule has 0 N–H and O–H groups in total. The van der Waals surface area contributed by atoms with Crippen molar-refractivity contribution in [1.82, 2.24) is 4.90 Å². The molecule has 28 heavy (non-hydrogen) atoms. The summed E-state index contributed by atoms with van der Waals surface area (Å²) in [6.45, 7) is 4.37. The molecule has 1 amide bonds. The number of amides is 1. The van der Waals surface area contributed by atoms with E-state index >= 15 is 0 Å². The number of hydrogen-bond acceptors (Lipinski definition) is 3. The molecule has 0 bridgehead atoms. The molecule has 0 spiro atoms. The molecule has 1 aliphatic rings. The second-order valence-corrected chi connectivity index (χ2v) is 8.00. The van der Waals surface area contributed by atoms with Gasteiger partial charge in [0.15, 0.2) is 11.5 Å². The van der Waals surface area contributed by atoms with E-state index in [2.05, 4.69) is 22.9 Å². The summed E-state index contributed by atoms with van der Waals surface area (Å²) < 4.78 is 12.3. The summed E-state index contributed by atoms with van der Waals surface area (Å²) in [5.74, 6) is 2.05. The highest BCUT2D eigenvalue weighted by molar-refractivity contribution is 9.10. The van der Waals surface area contributed by atoms with E-state index in [1.54, 1.807) is 13.2 Å². The molecule has 2 aromatic rings. The Balaban J connectivity index is 1.69. The first kappa shape index (κ1) is 20.5. The molecule has 1 fully saturated rings. The molecule has 0 aromatic heterocycles. The number of benzene rings is 2. The van der Waals surface area contributed by atoms with Gasteiger partial charge in [-0.15, -0.1) is 0 Å². The van der Waals surface area contributed by atoms with Crippen LogP contribution in [-0.4, -0.2) is 31.0 Å². The zero-order chi connectivity index (χ0) is 19.9. The van der Waals surface area contributed by atoms with Gasteiger partial charge in [-0.05, 0) is 64.0 Å². The van der Waals surface area contributed by atoms with E-state index in [0.29, 0.717) is 24.0 Å². The topological polar surface area (TPSA) is 38.8 Å². The van der Waals surface area contributed by atoms with Crippen LogP contribution in [0.25, 0.3) is 6.08 Å². The van der Waals surface area contributed by atoms with Crippen molar-refractivity contribution >= 4 is 27.9 Å². The van der Waals surface area contributed by atoms with E-state index < -0.39 is 0 Å². The van der Waals surface area contributed by atoms with Crippen molar-refractivity contribution in [1.29, 1.82) is 0 Å². The third-order valence-electron chi connectivity index (χ3n) is 4.99. The highest BCUT2D eigenvalue weighted by Crippen LogP contribution is 2.37. The zero-order valence-electron chi connectivity index (χ0n) is 16.4. The summed E-state index contributed by atoms with van der Waals surface area (Å²) in [6.07, 6.45) is 5.62. The molecule has 3 rings (SSSR count). The van der Waals surface area contributed by atoms with Gasteiger partial charge in [0, 0.05) is 19.2 Å². The lowest BCUT2D eigenvalue weighted by Crippen LogP contribution is -2.36. The maximum absolute atomic E-state index is 12.4. The Labute approximate surface area is 175 Å². The van der Waals surface area contributed by atoms with Crippen LogP contribution in [0.3, 0.4) is 0 Å². The average molecular weight is 444 g/mol. The van der Waals surface area contributed by atoms with Gasteiger partial charge in [0.2, 0.25) is 5.91 Å². The van der Waals surface area contributed by atoms with Crippen LogP contribution in [0.4, 0.5) is 0 Å². The number of ether oxygens (including phenoxy) is 2. The molecule has 1 saturated heterocycles. The van der Waals surface area contributed by atoms with Crippen LogP contribution >= 0.6 is 15.9 Å². The molecule has 0 radical (unpaired) electrons. The molecule has 1 heterocycles. The molecule has 4 nitrogen and oxygen atoms in total. The van der Waals surface area contributed by atoms with E-state index in [4.69, 9.17) is 9.47 Å². The van der Waals surface area contributed by atoms with Crippen molar-refractivity contribution in [2.24, 2.45) is 5.92 Å². The van der Waals surface area contributed by atoms with Crippen molar-refractivity contribution in [2.45, 2.75) is 26.4 Å². The average Bonchev–Trinajstić information content (AvgIpc) is 2.72.